The van der Waals surface area contributed by atoms with Crippen LogP contribution in [0.3, 0.4) is 0 Å². The van der Waals surface area contributed by atoms with Gasteiger partial charge in [-0.15, -0.1) is 0 Å². The van der Waals surface area contributed by atoms with Gasteiger partial charge < -0.3 is 19.8 Å². The number of nitrogens with one attached hydrogen (secondary N) is 2. The van der Waals surface area contributed by atoms with Gasteiger partial charge in [0, 0.05) is 28.7 Å². The van der Waals surface area contributed by atoms with E-state index in [-0.39, 0.29) is 30.3 Å². The zero-order chi connectivity index (χ0) is 23.4. The number of amides is 1. The molecular weight excluding hydrogens is 462 g/mol. The third-order valence-corrected chi connectivity index (χ3v) is 6.49. The van der Waals surface area contributed by atoms with Gasteiger partial charge in [0.15, 0.2) is 16.7 Å². The number of benzene rings is 2. The molecule has 2 aromatic carbocycles. The predicted octanol–water partition coefficient (Wildman–Crippen LogP) is 4.76. The minimum atomic E-state index is -0.539. The first-order valence-corrected chi connectivity index (χ1v) is 11.6. The Morgan fingerprint density at radius 1 is 1.24 bits per heavy atom. The molecule has 7 nitrogen and oxygen atoms in total. The molecule has 1 aliphatic rings. The van der Waals surface area contributed by atoms with E-state index in [0.29, 0.717) is 38.6 Å². The van der Waals surface area contributed by atoms with Crippen molar-refractivity contribution in [2.24, 2.45) is 0 Å². The Bertz CT molecular complexity index is 1260. The second kappa shape index (κ2) is 10.1. The van der Waals surface area contributed by atoms with Crippen LogP contribution in [0, 0.1) is 0 Å². The fourth-order valence-corrected chi connectivity index (χ4v) is 4.86. The van der Waals surface area contributed by atoms with Gasteiger partial charge in [-0.3, -0.25) is 9.59 Å². The van der Waals surface area contributed by atoms with Gasteiger partial charge >= 0.3 is 0 Å². The van der Waals surface area contributed by atoms with Crippen LogP contribution in [0.1, 0.15) is 29.0 Å². The summed E-state index contributed by atoms with van der Waals surface area (Å²) in [5.41, 5.74) is 1.67. The van der Waals surface area contributed by atoms with Crippen LogP contribution in [0.15, 0.2) is 65.1 Å². The largest absolute Gasteiger partial charge is 0.493 e. The number of halogens is 1. The Balaban J connectivity index is 1.71. The summed E-state index contributed by atoms with van der Waals surface area (Å²) in [6.07, 6.45) is 1.70. The number of aromatic nitrogens is 2. The van der Waals surface area contributed by atoms with Crippen LogP contribution in [0.4, 0.5) is 5.82 Å². The van der Waals surface area contributed by atoms with Crippen molar-refractivity contribution >= 4 is 35.1 Å². The highest BCUT2D eigenvalue weighted by molar-refractivity contribution is 7.98. The maximum Gasteiger partial charge on any atom is 0.257 e. The number of hydrogen-bond acceptors (Lipinski definition) is 6. The maximum atomic E-state index is 13.2. The summed E-state index contributed by atoms with van der Waals surface area (Å²) in [5, 5.41) is 3.78. The van der Waals surface area contributed by atoms with Gasteiger partial charge in [0.1, 0.15) is 12.4 Å². The first-order valence-electron chi connectivity index (χ1n) is 10.2. The molecule has 2 N–H and O–H groups in total. The Morgan fingerprint density at radius 3 is 2.82 bits per heavy atom. The SMILES string of the molecule is C=CCOc1c(OC)cccc1[C@H]1CC(=O)Nc2nc(SCc3ccccc3Cl)[nH]c(=O)c21. The molecule has 2 heterocycles. The van der Waals surface area contributed by atoms with E-state index in [1.54, 1.807) is 18.2 Å². The molecule has 1 aliphatic heterocycles. The number of thioether (sulfide) groups is 1. The lowest BCUT2D eigenvalue weighted by Gasteiger charge is -2.26. The topological polar surface area (TPSA) is 93.3 Å². The number of anilines is 1. The zero-order valence-corrected chi connectivity index (χ0v) is 19.5. The van der Waals surface area contributed by atoms with E-state index < -0.39 is 5.92 Å². The van der Waals surface area contributed by atoms with Crippen molar-refractivity contribution < 1.29 is 14.3 Å². The standard InChI is InChI=1S/C24H22ClN3O4S/c1-3-11-32-21-15(8-6-10-18(21)31-2)16-12-19(29)26-22-20(16)23(30)28-24(27-22)33-13-14-7-4-5-9-17(14)25/h3-10,16H,1,11-13H2,2H3,(H2,26,27,28,29,30)/t16-/m1/s1. The van der Waals surface area contributed by atoms with Gasteiger partial charge in [0.25, 0.3) is 5.56 Å². The molecule has 0 bridgehead atoms. The molecule has 33 heavy (non-hydrogen) atoms. The minimum absolute atomic E-state index is 0.0848. The molecule has 0 radical (unpaired) electrons. The predicted molar refractivity (Wildman–Crippen MR) is 130 cm³/mol. The minimum Gasteiger partial charge on any atom is -0.493 e. The van der Waals surface area contributed by atoms with E-state index in [2.05, 4.69) is 21.9 Å². The summed E-state index contributed by atoms with van der Waals surface area (Å²) < 4.78 is 11.3. The number of rotatable bonds is 8. The van der Waals surface area contributed by atoms with E-state index in [1.165, 1.54) is 18.9 Å². The number of H-pyrrole nitrogens is 1. The number of fused-ring (bicyclic) bond motifs is 1. The molecule has 0 saturated heterocycles. The normalized spacial score (nSPS) is 14.8. The van der Waals surface area contributed by atoms with Gasteiger partial charge in [0.2, 0.25) is 5.91 Å². The van der Waals surface area contributed by atoms with Crippen molar-refractivity contribution in [1.29, 1.82) is 0 Å². The summed E-state index contributed by atoms with van der Waals surface area (Å²) in [6, 6.07) is 12.9. The third kappa shape index (κ3) is 4.91. The molecule has 0 spiro atoms. The van der Waals surface area contributed by atoms with Crippen LogP contribution in [0.2, 0.25) is 5.02 Å². The highest BCUT2D eigenvalue weighted by atomic mass is 35.5. The van der Waals surface area contributed by atoms with E-state index in [0.717, 1.165) is 5.56 Å². The Morgan fingerprint density at radius 2 is 2.06 bits per heavy atom. The van der Waals surface area contributed by atoms with E-state index in [9.17, 15) is 9.59 Å². The molecule has 3 aromatic rings. The van der Waals surface area contributed by atoms with Crippen LogP contribution in [-0.2, 0) is 10.5 Å². The first-order chi connectivity index (χ1) is 16.0. The lowest BCUT2D eigenvalue weighted by molar-refractivity contribution is -0.116. The van der Waals surface area contributed by atoms with Gasteiger partial charge in [0.05, 0.1) is 12.7 Å². The van der Waals surface area contributed by atoms with Gasteiger partial charge in [-0.2, -0.15) is 0 Å². The summed E-state index contributed by atoms with van der Waals surface area (Å²) in [5.74, 6) is 0.987. The van der Waals surface area contributed by atoms with Crippen LogP contribution >= 0.6 is 23.4 Å². The van der Waals surface area contributed by atoms with Crippen molar-refractivity contribution in [3.05, 3.63) is 87.2 Å². The van der Waals surface area contributed by atoms with Crippen molar-refractivity contribution in [3.8, 4) is 11.5 Å². The van der Waals surface area contributed by atoms with Crippen molar-refractivity contribution in [2.45, 2.75) is 23.2 Å². The number of methoxy groups -OCH3 is 1. The molecule has 0 fully saturated rings. The number of hydrogen-bond donors (Lipinski definition) is 2. The molecule has 0 saturated carbocycles. The fourth-order valence-electron chi connectivity index (χ4n) is 3.71. The molecule has 1 amide bonds. The Kier molecular flexibility index (Phi) is 7.05. The van der Waals surface area contributed by atoms with E-state index >= 15 is 0 Å². The van der Waals surface area contributed by atoms with Gasteiger partial charge in [-0.25, -0.2) is 4.98 Å². The second-order valence-corrected chi connectivity index (χ2v) is 8.67. The van der Waals surface area contributed by atoms with Crippen molar-refractivity contribution in [3.63, 3.8) is 0 Å². The molecule has 4 rings (SSSR count). The van der Waals surface area contributed by atoms with Crippen LogP contribution in [0.5, 0.6) is 11.5 Å². The number of aromatic amines is 1. The van der Waals surface area contributed by atoms with Crippen LogP contribution < -0.4 is 20.3 Å². The molecular formula is C24H22ClN3O4S. The highest BCUT2D eigenvalue weighted by Gasteiger charge is 2.33. The summed E-state index contributed by atoms with van der Waals surface area (Å²) in [6.45, 7) is 3.94. The molecule has 1 atom stereocenters. The summed E-state index contributed by atoms with van der Waals surface area (Å²) >= 11 is 7.56. The lowest BCUT2D eigenvalue weighted by Crippen LogP contribution is -2.31. The van der Waals surface area contributed by atoms with E-state index in [1.807, 2.05) is 30.3 Å². The van der Waals surface area contributed by atoms with Crippen molar-refractivity contribution in [2.75, 3.05) is 19.0 Å². The average molecular weight is 484 g/mol. The molecule has 9 heteroatoms. The molecule has 170 valence electrons. The smallest absolute Gasteiger partial charge is 0.257 e. The quantitative estimate of drug-likeness (QED) is 0.272. The first kappa shape index (κ1) is 22.9. The van der Waals surface area contributed by atoms with E-state index in [4.69, 9.17) is 21.1 Å². The monoisotopic (exact) mass is 483 g/mol. The lowest BCUT2D eigenvalue weighted by atomic mass is 9.86. The Hall–Kier alpha value is -3.23. The number of carbonyl (C=O) groups excluding carboxylic acids is 1. The van der Waals surface area contributed by atoms with Gasteiger partial charge in [-0.1, -0.05) is 66.3 Å². The number of ether oxygens (including phenoxy) is 2. The molecule has 1 aromatic heterocycles. The average Bonchev–Trinajstić information content (AvgIpc) is 2.81. The summed E-state index contributed by atoms with van der Waals surface area (Å²) in [4.78, 5) is 33.1. The second-order valence-electron chi connectivity index (χ2n) is 7.30. The van der Waals surface area contributed by atoms with Crippen LogP contribution in [0.25, 0.3) is 0 Å². The summed E-state index contributed by atoms with van der Waals surface area (Å²) in [7, 11) is 1.54. The fraction of sp³-hybridized carbons (Fsp3) is 0.208. The molecule has 0 unspecified atom stereocenters. The third-order valence-electron chi connectivity index (χ3n) is 5.20. The van der Waals surface area contributed by atoms with Gasteiger partial charge in [-0.05, 0) is 17.7 Å². The number of para-hydroxylation sites is 1. The number of nitrogens with zero attached hydrogens (tertiary/aromatic N) is 1. The Labute approximate surface area is 200 Å². The van der Waals surface area contributed by atoms with Crippen LogP contribution in [-0.4, -0.2) is 29.6 Å². The highest BCUT2D eigenvalue weighted by Crippen LogP contribution is 2.42. The zero-order valence-electron chi connectivity index (χ0n) is 17.9. The molecule has 0 aliphatic carbocycles. The van der Waals surface area contributed by atoms with Crippen molar-refractivity contribution in [1.82, 2.24) is 9.97 Å². The number of carbonyl (C=O) groups is 1. The maximum absolute atomic E-state index is 13.2.